The van der Waals surface area contributed by atoms with Gasteiger partial charge in [-0.3, -0.25) is 9.59 Å². The molecule has 3 aromatic rings. The summed E-state index contributed by atoms with van der Waals surface area (Å²) >= 11 is 7.15. The molecule has 2 amide bonds. The molecule has 40 heavy (non-hydrogen) atoms. The Morgan fingerprint density at radius 3 is 2.15 bits per heavy atom. The van der Waals surface area contributed by atoms with Crippen LogP contribution in [0.25, 0.3) is 0 Å². The van der Waals surface area contributed by atoms with Crippen LogP contribution in [0.15, 0.2) is 83.0 Å². The number of amidine groups is 1. The molecule has 1 atom stereocenters. The Kier molecular flexibility index (Phi) is 9.57. The van der Waals surface area contributed by atoms with Crippen molar-refractivity contribution in [1.82, 2.24) is 5.32 Å². The van der Waals surface area contributed by atoms with Crippen LogP contribution in [0.1, 0.15) is 18.5 Å². The standard InChI is InChI=1S/C29H29ClN4O5S/c1-17-25(28(36)33-20-8-6-5-7-9-20)26(18-14-22(37-2)27(39-4)23(15-18)38-3)34-29(31-17)40-16-24(35)32-21-12-10-19(30)11-13-21/h5-15,26H,16H2,1-4H3,(H,31,34)(H,32,35)(H,33,36)/t26-/m1/s1. The highest BCUT2D eigenvalue weighted by Gasteiger charge is 2.31. The zero-order chi connectivity index (χ0) is 28.6. The lowest BCUT2D eigenvalue weighted by Crippen LogP contribution is -2.32. The summed E-state index contributed by atoms with van der Waals surface area (Å²) in [5, 5.41) is 10.0. The lowest BCUT2D eigenvalue weighted by Gasteiger charge is -2.27. The number of ether oxygens (including phenoxy) is 3. The molecule has 0 aromatic heterocycles. The van der Waals surface area contributed by atoms with Crippen LogP contribution in [0.5, 0.6) is 17.2 Å². The number of carbonyl (C=O) groups excluding carboxylic acids is 2. The molecule has 3 aromatic carbocycles. The van der Waals surface area contributed by atoms with Crippen molar-refractivity contribution >= 4 is 51.7 Å². The third-order valence-corrected chi connectivity index (χ3v) is 7.10. The molecule has 0 saturated heterocycles. The summed E-state index contributed by atoms with van der Waals surface area (Å²) in [5.74, 6) is 0.856. The number of hydrogen-bond acceptors (Lipinski definition) is 8. The van der Waals surface area contributed by atoms with Crippen LogP contribution < -0.4 is 30.2 Å². The van der Waals surface area contributed by atoms with Gasteiger partial charge in [-0.2, -0.15) is 0 Å². The fourth-order valence-corrected chi connectivity index (χ4v) is 4.97. The second-order valence-corrected chi connectivity index (χ2v) is 10.0. The largest absolute Gasteiger partial charge is 0.493 e. The van der Waals surface area contributed by atoms with Crippen LogP contribution in [-0.4, -0.2) is 44.1 Å². The number of para-hydroxylation sites is 1. The van der Waals surface area contributed by atoms with Gasteiger partial charge < -0.3 is 30.2 Å². The molecule has 0 aliphatic carbocycles. The molecule has 0 unspecified atom stereocenters. The number of methoxy groups -OCH3 is 3. The molecular weight excluding hydrogens is 552 g/mol. The van der Waals surface area contributed by atoms with E-state index in [1.54, 1.807) is 43.3 Å². The van der Waals surface area contributed by atoms with E-state index in [0.29, 0.717) is 55.6 Å². The number of aliphatic imine (C=N–C) groups is 1. The molecule has 0 fully saturated rings. The van der Waals surface area contributed by atoms with E-state index in [4.69, 9.17) is 30.8 Å². The first-order valence-electron chi connectivity index (χ1n) is 12.2. The number of allylic oxidation sites excluding steroid dienone is 1. The fraction of sp³-hybridized carbons (Fsp3) is 0.207. The molecule has 1 heterocycles. The lowest BCUT2D eigenvalue weighted by molar-refractivity contribution is -0.114. The molecule has 4 rings (SSSR count). The molecule has 11 heteroatoms. The molecule has 0 spiro atoms. The first kappa shape index (κ1) is 28.8. The Morgan fingerprint density at radius 2 is 1.55 bits per heavy atom. The first-order valence-corrected chi connectivity index (χ1v) is 13.6. The van der Waals surface area contributed by atoms with Crippen molar-refractivity contribution in [1.29, 1.82) is 0 Å². The average Bonchev–Trinajstić information content (AvgIpc) is 2.96. The molecule has 3 N–H and O–H groups in total. The number of halogens is 1. The van der Waals surface area contributed by atoms with Gasteiger partial charge >= 0.3 is 0 Å². The molecule has 208 valence electrons. The van der Waals surface area contributed by atoms with Crippen molar-refractivity contribution in [2.75, 3.05) is 37.7 Å². The van der Waals surface area contributed by atoms with E-state index in [9.17, 15) is 9.59 Å². The first-order chi connectivity index (χ1) is 19.3. The Balaban J connectivity index is 1.64. The number of nitrogens with zero attached hydrogens (tertiary/aromatic N) is 1. The minimum absolute atomic E-state index is 0.0925. The van der Waals surface area contributed by atoms with Crippen LogP contribution in [0.2, 0.25) is 5.02 Å². The maximum atomic E-state index is 13.5. The van der Waals surface area contributed by atoms with Crippen LogP contribution in [-0.2, 0) is 9.59 Å². The van der Waals surface area contributed by atoms with Gasteiger partial charge in [0.05, 0.1) is 32.7 Å². The Morgan fingerprint density at radius 1 is 0.925 bits per heavy atom. The van der Waals surface area contributed by atoms with E-state index in [2.05, 4.69) is 16.0 Å². The van der Waals surface area contributed by atoms with E-state index in [1.165, 1.54) is 33.1 Å². The molecular formula is C29H29ClN4O5S. The molecule has 1 aliphatic heterocycles. The molecule has 1 aliphatic rings. The van der Waals surface area contributed by atoms with Gasteiger partial charge in [-0.1, -0.05) is 41.6 Å². The normalized spacial score (nSPS) is 14.5. The molecule has 0 saturated carbocycles. The van der Waals surface area contributed by atoms with E-state index < -0.39 is 6.04 Å². The number of rotatable bonds is 9. The third-order valence-electron chi connectivity index (χ3n) is 5.97. The highest BCUT2D eigenvalue weighted by atomic mass is 35.5. The minimum atomic E-state index is -0.722. The van der Waals surface area contributed by atoms with Crippen molar-refractivity contribution in [2.24, 2.45) is 4.99 Å². The molecule has 0 radical (unpaired) electrons. The number of carbonyl (C=O) groups is 2. The summed E-state index contributed by atoms with van der Waals surface area (Å²) in [4.78, 5) is 31.0. The van der Waals surface area contributed by atoms with E-state index in [1.807, 2.05) is 30.3 Å². The second kappa shape index (κ2) is 13.3. The monoisotopic (exact) mass is 580 g/mol. The van der Waals surface area contributed by atoms with Crippen LogP contribution in [0.4, 0.5) is 11.4 Å². The average molecular weight is 581 g/mol. The van der Waals surface area contributed by atoms with Crippen molar-refractivity contribution < 1.29 is 23.8 Å². The zero-order valence-corrected chi connectivity index (χ0v) is 24.0. The number of anilines is 2. The number of thioether (sulfide) groups is 1. The SMILES string of the molecule is COc1cc([C@H]2N=C(SCC(=O)Nc3ccc(Cl)cc3)NC(C)=C2C(=O)Nc2ccccc2)cc(OC)c1OC. The van der Waals surface area contributed by atoms with E-state index in [0.717, 1.165) is 0 Å². The number of benzene rings is 3. The maximum Gasteiger partial charge on any atom is 0.255 e. The second-order valence-electron chi connectivity index (χ2n) is 8.62. The molecule has 0 bridgehead atoms. The van der Waals surface area contributed by atoms with E-state index in [-0.39, 0.29) is 17.6 Å². The van der Waals surface area contributed by atoms with Crippen molar-refractivity contribution in [3.63, 3.8) is 0 Å². The van der Waals surface area contributed by atoms with Gasteiger partial charge in [0.2, 0.25) is 11.7 Å². The topological polar surface area (TPSA) is 110 Å². The van der Waals surface area contributed by atoms with Crippen LogP contribution in [0, 0.1) is 0 Å². The number of amides is 2. The smallest absolute Gasteiger partial charge is 0.255 e. The summed E-state index contributed by atoms with van der Waals surface area (Å²) in [6.45, 7) is 1.80. The van der Waals surface area contributed by atoms with Gasteiger partial charge in [0.15, 0.2) is 16.7 Å². The third kappa shape index (κ3) is 6.88. The predicted octanol–water partition coefficient (Wildman–Crippen LogP) is 5.65. The Labute approximate surface area is 241 Å². The highest BCUT2D eigenvalue weighted by molar-refractivity contribution is 8.14. The predicted molar refractivity (Wildman–Crippen MR) is 160 cm³/mol. The van der Waals surface area contributed by atoms with Gasteiger partial charge in [-0.15, -0.1) is 0 Å². The minimum Gasteiger partial charge on any atom is -0.493 e. The summed E-state index contributed by atoms with van der Waals surface area (Å²) in [6, 6.07) is 18.8. The zero-order valence-electron chi connectivity index (χ0n) is 22.4. The summed E-state index contributed by atoms with van der Waals surface area (Å²) in [7, 11) is 4.57. The van der Waals surface area contributed by atoms with E-state index >= 15 is 0 Å². The van der Waals surface area contributed by atoms with Crippen molar-refractivity contribution in [2.45, 2.75) is 13.0 Å². The van der Waals surface area contributed by atoms with Crippen LogP contribution in [0.3, 0.4) is 0 Å². The maximum absolute atomic E-state index is 13.5. The Hall–Kier alpha value is -4.15. The van der Waals surface area contributed by atoms with Crippen LogP contribution >= 0.6 is 23.4 Å². The van der Waals surface area contributed by atoms with Gasteiger partial charge in [-0.25, -0.2) is 4.99 Å². The summed E-state index contributed by atoms with van der Waals surface area (Å²) in [6.07, 6.45) is 0. The lowest BCUT2D eigenvalue weighted by atomic mass is 9.95. The quantitative estimate of drug-likeness (QED) is 0.300. The summed E-state index contributed by atoms with van der Waals surface area (Å²) in [5.41, 5.74) is 2.95. The van der Waals surface area contributed by atoms with Crippen molar-refractivity contribution in [3.8, 4) is 17.2 Å². The fourth-order valence-electron chi connectivity index (χ4n) is 4.10. The number of nitrogens with one attached hydrogen (secondary N) is 3. The van der Waals surface area contributed by atoms with Gasteiger partial charge in [0.1, 0.15) is 6.04 Å². The number of hydrogen-bond donors (Lipinski definition) is 3. The van der Waals surface area contributed by atoms with Crippen molar-refractivity contribution in [3.05, 3.63) is 88.6 Å². The molecule has 9 nitrogen and oxygen atoms in total. The summed E-state index contributed by atoms with van der Waals surface area (Å²) < 4.78 is 16.6. The highest BCUT2D eigenvalue weighted by Crippen LogP contribution is 2.43. The van der Waals surface area contributed by atoms with Gasteiger partial charge in [-0.05, 0) is 61.0 Å². The van der Waals surface area contributed by atoms with Gasteiger partial charge in [0.25, 0.3) is 5.91 Å². The van der Waals surface area contributed by atoms with Gasteiger partial charge in [0, 0.05) is 22.1 Å². The Bertz CT molecular complexity index is 1420.